The highest BCUT2D eigenvalue weighted by molar-refractivity contribution is 7.26. The Labute approximate surface area is 277 Å². The molecule has 9 aromatic rings. The van der Waals surface area contributed by atoms with Crippen molar-refractivity contribution in [2.24, 2.45) is 0 Å². The van der Waals surface area contributed by atoms with Crippen LogP contribution in [0.3, 0.4) is 0 Å². The molecule has 1 heteroatoms. The number of benzene rings is 8. The molecular weight excluding hydrogens is 585 g/mol. The molecular formula is C46H30S. The summed E-state index contributed by atoms with van der Waals surface area (Å²) in [7, 11) is 0. The number of rotatable bonds is 3. The van der Waals surface area contributed by atoms with Gasteiger partial charge >= 0.3 is 0 Å². The first-order valence-electron chi connectivity index (χ1n) is 16.5. The second-order valence-corrected chi connectivity index (χ2v) is 13.8. The van der Waals surface area contributed by atoms with Crippen molar-refractivity contribution in [3.05, 3.63) is 163 Å². The van der Waals surface area contributed by atoms with Crippen LogP contribution < -0.4 is 0 Å². The third-order valence-corrected chi connectivity index (χ3v) is 11.4. The van der Waals surface area contributed by atoms with Crippen molar-refractivity contribution in [1.82, 2.24) is 0 Å². The maximum atomic E-state index is 2.38. The molecule has 0 unspecified atom stereocenters. The number of fused-ring (bicyclic) bond motifs is 11. The van der Waals surface area contributed by atoms with E-state index in [1.54, 1.807) is 0 Å². The second-order valence-electron chi connectivity index (χ2n) is 12.8. The molecule has 0 amide bonds. The molecule has 0 bridgehead atoms. The van der Waals surface area contributed by atoms with Crippen molar-refractivity contribution in [1.29, 1.82) is 0 Å². The highest BCUT2D eigenvalue weighted by Gasteiger charge is 2.16. The van der Waals surface area contributed by atoms with E-state index < -0.39 is 0 Å². The Morgan fingerprint density at radius 2 is 0.936 bits per heavy atom. The predicted octanol–water partition coefficient (Wildman–Crippen LogP) is 13.5. The van der Waals surface area contributed by atoms with Crippen molar-refractivity contribution in [3.8, 4) is 33.4 Å². The first-order valence-corrected chi connectivity index (χ1v) is 17.3. The molecule has 10 rings (SSSR count). The van der Waals surface area contributed by atoms with Gasteiger partial charge in [0.2, 0.25) is 0 Å². The molecule has 1 aliphatic rings. The highest BCUT2D eigenvalue weighted by Crippen LogP contribution is 2.44. The minimum Gasteiger partial charge on any atom is -0.134 e. The van der Waals surface area contributed by atoms with E-state index in [0.29, 0.717) is 0 Å². The summed E-state index contributed by atoms with van der Waals surface area (Å²) in [6.07, 6.45) is 6.94. The van der Waals surface area contributed by atoms with Gasteiger partial charge in [0.1, 0.15) is 0 Å². The minimum atomic E-state index is 1.14. The fourth-order valence-electron chi connectivity index (χ4n) is 7.80. The topological polar surface area (TPSA) is 0 Å². The largest absolute Gasteiger partial charge is 0.134 e. The van der Waals surface area contributed by atoms with Crippen molar-refractivity contribution in [2.45, 2.75) is 12.8 Å². The number of hydrogen-bond acceptors (Lipinski definition) is 1. The molecule has 8 aromatic carbocycles. The highest BCUT2D eigenvalue weighted by atomic mass is 32.1. The van der Waals surface area contributed by atoms with Crippen molar-refractivity contribution < 1.29 is 0 Å². The van der Waals surface area contributed by atoms with Crippen molar-refractivity contribution >= 4 is 69.9 Å². The van der Waals surface area contributed by atoms with Gasteiger partial charge in [0, 0.05) is 20.2 Å². The Morgan fingerprint density at radius 1 is 0.383 bits per heavy atom. The monoisotopic (exact) mass is 614 g/mol. The molecule has 0 saturated carbocycles. The van der Waals surface area contributed by atoms with Gasteiger partial charge in [-0.3, -0.25) is 0 Å². The summed E-state index contributed by atoms with van der Waals surface area (Å²) in [5.74, 6) is 0. The third-order valence-electron chi connectivity index (χ3n) is 10.1. The van der Waals surface area contributed by atoms with Crippen LogP contribution in [0.15, 0.2) is 152 Å². The summed E-state index contributed by atoms with van der Waals surface area (Å²) in [6, 6.07) is 54.2. The Morgan fingerprint density at radius 3 is 1.70 bits per heavy atom. The van der Waals surface area contributed by atoms with Crippen LogP contribution in [0.4, 0.5) is 0 Å². The van der Waals surface area contributed by atoms with E-state index in [-0.39, 0.29) is 0 Å². The molecule has 0 aliphatic heterocycles. The van der Waals surface area contributed by atoms with Gasteiger partial charge in [-0.1, -0.05) is 146 Å². The summed E-state index contributed by atoms with van der Waals surface area (Å²) < 4.78 is 2.80. The van der Waals surface area contributed by atoms with Crippen LogP contribution in [-0.4, -0.2) is 0 Å². The number of aryl methyl sites for hydroxylation is 1. The fourth-order valence-corrected chi connectivity index (χ4v) is 9.18. The van der Waals surface area contributed by atoms with E-state index in [2.05, 4.69) is 158 Å². The molecule has 0 spiro atoms. The lowest BCUT2D eigenvalue weighted by molar-refractivity contribution is 0.990. The quantitative estimate of drug-likeness (QED) is 0.174. The van der Waals surface area contributed by atoms with Gasteiger partial charge < -0.3 is 0 Å². The smallest absolute Gasteiger partial charge is 0.0434 e. The van der Waals surface area contributed by atoms with Gasteiger partial charge in [0.25, 0.3) is 0 Å². The van der Waals surface area contributed by atoms with Crippen LogP contribution in [-0.2, 0) is 6.42 Å². The van der Waals surface area contributed by atoms with Crippen molar-refractivity contribution in [3.63, 3.8) is 0 Å². The van der Waals surface area contributed by atoms with Crippen LogP contribution in [0, 0.1) is 0 Å². The zero-order valence-corrected chi connectivity index (χ0v) is 26.7. The van der Waals surface area contributed by atoms with Gasteiger partial charge in [0.15, 0.2) is 0 Å². The first-order chi connectivity index (χ1) is 23.3. The van der Waals surface area contributed by atoms with Crippen LogP contribution in [0.2, 0.25) is 0 Å². The molecule has 0 fully saturated rings. The van der Waals surface area contributed by atoms with E-state index in [0.717, 1.165) is 12.8 Å². The molecule has 47 heavy (non-hydrogen) atoms. The Hall–Kier alpha value is -5.50. The molecule has 0 saturated heterocycles. The lowest BCUT2D eigenvalue weighted by atomic mass is 9.91. The van der Waals surface area contributed by atoms with Crippen LogP contribution in [0.1, 0.15) is 17.5 Å². The predicted molar refractivity (Wildman–Crippen MR) is 206 cm³/mol. The average molecular weight is 615 g/mol. The Bertz CT molecular complexity index is 2690. The number of thiophene rings is 1. The normalized spacial score (nSPS) is 12.9. The lowest BCUT2D eigenvalue weighted by Crippen LogP contribution is -1.92. The standard InChI is InChI=1S/C46H30S/c1-2-12-35-30(9-1)23-26-43-42-18-8-17-36(45(42)47-46(35)43)31-21-19-29(20-22-31)32-10-7-11-33(27-32)34-24-25-41-39-15-4-3-13-37(39)38-14-5-6-16-40(38)44(41)28-34/h2-8,10-28H,1,9H2. The SMILES string of the molecule is C1=Cc2c(ccc3c2sc2c(-c4ccc(-c5cccc(-c6ccc7c8ccccc8c8ccccc8c7c6)c5)cc4)cccc23)CC1. The maximum absolute atomic E-state index is 2.38. The first kappa shape index (κ1) is 26.7. The van der Waals surface area contributed by atoms with Gasteiger partial charge in [-0.25, -0.2) is 0 Å². The van der Waals surface area contributed by atoms with Crippen molar-refractivity contribution in [2.75, 3.05) is 0 Å². The Balaban J connectivity index is 1.04. The zero-order chi connectivity index (χ0) is 30.9. The van der Waals surface area contributed by atoms with E-state index in [1.807, 2.05) is 11.3 Å². The molecule has 1 aromatic heterocycles. The average Bonchev–Trinajstić information content (AvgIpc) is 3.55. The molecule has 1 heterocycles. The molecule has 0 atom stereocenters. The van der Waals surface area contributed by atoms with E-state index in [1.165, 1.54) is 97.0 Å². The third kappa shape index (κ3) is 4.20. The molecule has 0 radical (unpaired) electrons. The van der Waals surface area contributed by atoms with Gasteiger partial charge in [-0.15, -0.1) is 11.3 Å². The lowest BCUT2D eigenvalue weighted by Gasteiger charge is -2.13. The summed E-state index contributed by atoms with van der Waals surface area (Å²) in [5, 5.41) is 10.6. The minimum absolute atomic E-state index is 1.14. The summed E-state index contributed by atoms with van der Waals surface area (Å²) >= 11 is 1.95. The van der Waals surface area contributed by atoms with Gasteiger partial charge in [-0.05, 0) is 102 Å². The second kappa shape index (κ2) is 10.5. The fraction of sp³-hybridized carbons (Fsp3) is 0.0435. The summed E-state index contributed by atoms with van der Waals surface area (Å²) in [5.41, 5.74) is 10.4. The van der Waals surface area contributed by atoms with E-state index in [9.17, 15) is 0 Å². The maximum Gasteiger partial charge on any atom is 0.0434 e. The zero-order valence-electron chi connectivity index (χ0n) is 25.8. The summed E-state index contributed by atoms with van der Waals surface area (Å²) in [4.78, 5) is 0. The molecule has 220 valence electrons. The van der Waals surface area contributed by atoms with Gasteiger partial charge in [0.05, 0.1) is 0 Å². The number of hydrogen-bond donors (Lipinski definition) is 0. The van der Waals surface area contributed by atoms with Gasteiger partial charge in [-0.2, -0.15) is 0 Å². The van der Waals surface area contributed by atoms with Crippen LogP contribution in [0.5, 0.6) is 0 Å². The summed E-state index contributed by atoms with van der Waals surface area (Å²) in [6.45, 7) is 0. The molecule has 1 aliphatic carbocycles. The van der Waals surface area contributed by atoms with E-state index in [4.69, 9.17) is 0 Å². The van der Waals surface area contributed by atoms with Crippen LogP contribution >= 0.6 is 11.3 Å². The number of allylic oxidation sites excluding steroid dienone is 1. The molecule has 0 N–H and O–H groups in total. The van der Waals surface area contributed by atoms with Crippen LogP contribution in [0.25, 0.3) is 91.9 Å². The Kier molecular flexibility index (Phi) is 5.97. The molecule has 0 nitrogen and oxygen atoms in total. The van der Waals surface area contributed by atoms with E-state index >= 15 is 0 Å².